The first kappa shape index (κ1) is 14.2. The van der Waals surface area contributed by atoms with E-state index in [-0.39, 0.29) is 0 Å². The Balaban J connectivity index is 1.92. The van der Waals surface area contributed by atoms with Crippen LogP contribution < -0.4 is 10.2 Å². The molecule has 114 valence electrons. The molecule has 3 rings (SSSR count). The number of rotatable bonds is 4. The Bertz CT molecular complexity index is 569. The monoisotopic (exact) mass is 287 g/mol. The molecule has 0 spiro atoms. The molecule has 5 heteroatoms. The molecule has 3 heterocycles. The van der Waals surface area contributed by atoms with Crippen molar-refractivity contribution in [2.75, 3.05) is 29.9 Å². The van der Waals surface area contributed by atoms with Gasteiger partial charge < -0.3 is 14.6 Å². The first-order chi connectivity index (χ1) is 10.4. The van der Waals surface area contributed by atoms with Crippen molar-refractivity contribution in [2.24, 2.45) is 0 Å². The van der Waals surface area contributed by atoms with Gasteiger partial charge in [0.05, 0.1) is 6.20 Å². The molecule has 0 amide bonds. The molecular formula is C16H25N5. The smallest absolute Gasteiger partial charge is 0.180 e. The Hall–Kier alpha value is -1.78. The van der Waals surface area contributed by atoms with Gasteiger partial charge in [0.15, 0.2) is 11.5 Å². The van der Waals surface area contributed by atoms with Crippen LogP contribution in [-0.2, 0) is 0 Å². The summed E-state index contributed by atoms with van der Waals surface area (Å²) in [4.78, 5) is 11.8. The van der Waals surface area contributed by atoms with Crippen molar-refractivity contribution in [3.8, 4) is 0 Å². The van der Waals surface area contributed by atoms with Crippen molar-refractivity contribution in [1.82, 2.24) is 14.4 Å². The van der Waals surface area contributed by atoms with Crippen LogP contribution in [0.15, 0.2) is 18.6 Å². The van der Waals surface area contributed by atoms with Crippen molar-refractivity contribution in [3.05, 3.63) is 18.6 Å². The van der Waals surface area contributed by atoms with Gasteiger partial charge in [0.1, 0.15) is 5.82 Å². The maximum atomic E-state index is 4.84. The lowest BCUT2D eigenvalue weighted by Gasteiger charge is -2.26. The number of nitrogens with one attached hydrogen (secondary N) is 1. The van der Waals surface area contributed by atoms with Gasteiger partial charge in [0.25, 0.3) is 0 Å². The Morgan fingerprint density at radius 1 is 1.14 bits per heavy atom. The van der Waals surface area contributed by atoms with E-state index < -0.39 is 0 Å². The van der Waals surface area contributed by atoms with Gasteiger partial charge >= 0.3 is 0 Å². The highest BCUT2D eigenvalue weighted by atomic mass is 15.2. The van der Waals surface area contributed by atoms with E-state index in [2.05, 4.69) is 26.5 Å². The maximum absolute atomic E-state index is 4.84. The van der Waals surface area contributed by atoms with Crippen molar-refractivity contribution >= 4 is 17.3 Å². The van der Waals surface area contributed by atoms with Gasteiger partial charge in [-0.2, -0.15) is 0 Å². The SMILES string of the molecule is CCCNc1cn2ccnc2c(N2CCCCCCC2)n1. The van der Waals surface area contributed by atoms with Crippen molar-refractivity contribution < 1.29 is 0 Å². The first-order valence-electron chi connectivity index (χ1n) is 8.21. The number of hydrogen-bond donors (Lipinski definition) is 1. The van der Waals surface area contributed by atoms with Gasteiger partial charge in [-0.1, -0.05) is 26.2 Å². The van der Waals surface area contributed by atoms with Crippen LogP contribution in [0, 0.1) is 0 Å². The Kier molecular flexibility index (Phi) is 4.58. The van der Waals surface area contributed by atoms with Crippen LogP contribution in [0.4, 0.5) is 11.6 Å². The molecule has 2 aromatic rings. The highest BCUT2D eigenvalue weighted by Crippen LogP contribution is 2.23. The van der Waals surface area contributed by atoms with Gasteiger partial charge in [0, 0.05) is 32.0 Å². The molecule has 0 radical (unpaired) electrons. The fourth-order valence-electron chi connectivity index (χ4n) is 2.92. The number of imidazole rings is 1. The third-order valence-electron chi connectivity index (χ3n) is 4.07. The van der Waals surface area contributed by atoms with E-state index in [4.69, 9.17) is 4.98 Å². The lowest BCUT2D eigenvalue weighted by atomic mass is 10.1. The molecule has 21 heavy (non-hydrogen) atoms. The average molecular weight is 287 g/mol. The summed E-state index contributed by atoms with van der Waals surface area (Å²) in [5.74, 6) is 1.97. The van der Waals surface area contributed by atoms with Crippen molar-refractivity contribution in [3.63, 3.8) is 0 Å². The largest absolute Gasteiger partial charge is 0.369 e. The third-order valence-corrected chi connectivity index (χ3v) is 4.07. The van der Waals surface area contributed by atoms with Crippen LogP contribution in [0.1, 0.15) is 45.4 Å². The highest BCUT2D eigenvalue weighted by molar-refractivity contribution is 5.66. The zero-order chi connectivity index (χ0) is 14.5. The van der Waals surface area contributed by atoms with Gasteiger partial charge in [-0.05, 0) is 19.3 Å². The predicted molar refractivity (Wildman–Crippen MR) is 87.1 cm³/mol. The standard InChI is InChI=1S/C16H25N5/c1-2-8-17-14-13-21-12-9-18-15(21)16(19-14)20-10-6-4-3-5-7-11-20/h9,12-13,17H,2-8,10-11H2,1H3. The maximum Gasteiger partial charge on any atom is 0.180 e. The molecule has 0 atom stereocenters. The van der Waals surface area contributed by atoms with Gasteiger partial charge in [-0.25, -0.2) is 9.97 Å². The minimum atomic E-state index is 0.944. The van der Waals surface area contributed by atoms with Crippen LogP contribution in [-0.4, -0.2) is 34.0 Å². The van der Waals surface area contributed by atoms with Crippen LogP contribution in [0.2, 0.25) is 0 Å². The summed E-state index contributed by atoms with van der Waals surface area (Å²) in [7, 11) is 0. The van der Waals surface area contributed by atoms with E-state index in [0.29, 0.717) is 0 Å². The zero-order valence-electron chi connectivity index (χ0n) is 12.9. The van der Waals surface area contributed by atoms with Crippen molar-refractivity contribution in [2.45, 2.75) is 45.4 Å². The Morgan fingerprint density at radius 2 is 1.90 bits per heavy atom. The number of aromatic nitrogens is 3. The lowest BCUT2D eigenvalue weighted by Crippen LogP contribution is -2.28. The summed E-state index contributed by atoms with van der Waals surface area (Å²) in [5.41, 5.74) is 0.970. The Labute approximate surface area is 126 Å². The fraction of sp³-hybridized carbons (Fsp3) is 0.625. The zero-order valence-corrected chi connectivity index (χ0v) is 12.9. The quantitative estimate of drug-likeness (QED) is 0.937. The molecule has 1 saturated heterocycles. The average Bonchev–Trinajstić information content (AvgIpc) is 2.92. The fourth-order valence-corrected chi connectivity index (χ4v) is 2.92. The molecule has 0 aromatic carbocycles. The Morgan fingerprint density at radius 3 is 2.67 bits per heavy atom. The van der Waals surface area contributed by atoms with Gasteiger partial charge in [-0.3, -0.25) is 0 Å². The first-order valence-corrected chi connectivity index (χ1v) is 8.21. The van der Waals surface area contributed by atoms with Gasteiger partial charge in [-0.15, -0.1) is 0 Å². The minimum Gasteiger partial charge on any atom is -0.369 e. The van der Waals surface area contributed by atoms with Crippen LogP contribution in [0.3, 0.4) is 0 Å². The number of anilines is 2. The number of fused-ring (bicyclic) bond motifs is 1. The second-order valence-corrected chi connectivity index (χ2v) is 5.79. The van der Waals surface area contributed by atoms with Crippen LogP contribution >= 0.6 is 0 Å². The summed E-state index contributed by atoms with van der Waals surface area (Å²) in [6.07, 6.45) is 13.5. The molecular weight excluding hydrogens is 262 g/mol. The molecule has 0 aliphatic carbocycles. The lowest BCUT2D eigenvalue weighted by molar-refractivity contribution is 0.554. The number of nitrogens with zero attached hydrogens (tertiary/aromatic N) is 4. The predicted octanol–water partition coefficient (Wildman–Crippen LogP) is 3.32. The molecule has 1 aliphatic heterocycles. The molecule has 1 fully saturated rings. The van der Waals surface area contributed by atoms with E-state index in [0.717, 1.165) is 43.3 Å². The molecule has 1 aliphatic rings. The van der Waals surface area contributed by atoms with E-state index in [1.165, 1.54) is 32.1 Å². The summed E-state index contributed by atoms with van der Waals surface area (Å²) in [6, 6.07) is 0. The van der Waals surface area contributed by atoms with E-state index in [1.807, 2.05) is 18.6 Å². The van der Waals surface area contributed by atoms with Crippen molar-refractivity contribution in [1.29, 1.82) is 0 Å². The molecule has 5 nitrogen and oxygen atoms in total. The van der Waals surface area contributed by atoms with Crippen LogP contribution in [0.25, 0.3) is 5.65 Å². The molecule has 2 aromatic heterocycles. The van der Waals surface area contributed by atoms with E-state index in [1.54, 1.807) is 0 Å². The summed E-state index contributed by atoms with van der Waals surface area (Å²) >= 11 is 0. The minimum absolute atomic E-state index is 0.944. The third kappa shape index (κ3) is 3.28. The topological polar surface area (TPSA) is 45.5 Å². The summed E-state index contributed by atoms with van der Waals surface area (Å²) in [6.45, 7) is 5.30. The molecule has 0 unspecified atom stereocenters. The van der Waals surface area contributed by atoms with E-state index >= 15 is 0 Å². The molecule has 1 N–H and O–H groups in total. The second kappa shape index (κ2) is 6.78. The summed E-state index contributed by atoms with van der Waals surface area (Å²) in [5, 5.41) is 3.40. The highest BCUT2D eigenvalue weighted by Gasteiger charge is 2.16. The van der Waals surface area contributed by atoms with Gasteiger partial charge in [0.2, 0.25) is 0 Å². The molecule has 0 saturated carbocycles. The number of hydrogen-bond acceptors (Lipinski definition) is 4. The van der Waals surface area contributed by atoms with E-state index in [9.17, 15) is 0 Å². The normalized spacial score (nSPS) is 16.7. The summed E-state index contributed by atoms with van der Waals surface area (Å²) < 4.78 is 2.08. The molecule has 0 bridgehead atoms. The van der Waals surface area contributed by atoms with Crippen LogP contribution in [0.5, 0.6) is 0 Å². The second-order valence-electron chi connectivity index (χ2n) is 5.79.